The number of hydrogen-bond acceptors (Lipinski definition) is 0. The molecule has 51 heavy (non-hydrogen) atoms. The first-order chi connectivity index (χ1) is 25.2. The van der Waals surface area contributed by atoms with E-state index in [-0.39, 0.29) is 0 Å². The summed E-state index contributed by atoms with van der Waals surface area (Å²) in [5.74, 6) is 0. The van der Waals surface area contributed by atoms with E-state index < -0.39 is 5.41 Å². The molecular formula is C50H37N. The number of allylic oxidation sites excluding steroid dienone is 5. The summed E-state index contributed by atoms with van der Waals surface area (Å²) in [4.78, 5) is 0. The summed E-state index contributed by atoms with van der Waals surface area (Å²) in [6.07, 6.45) is 9.55. The van der Waals surface area contributed by atoms with Crippen molar-refractivity contribution in [2.45, 2.75) is 11.8 Å². The first kappa shape index (κ1) is 30.6. The molecule has 0 unspecified atom stereocenters. The van der Waals surface area contributed by atoms with Gasteiger partial charge < -0.3 is 4.57 Å². The van der Waals surface area contributed by atoms with Gasteiger partial charge in [0, 0.05) is 16.5 Å². The van der Waals surface area contributed by atoms with Crippen LogP contribution in [0.3, 0.4) is 0 Å². The average Bonchev–Trinajstić information content (AvgIpc) is 3.55. The van der Waals surface area contributed by atoms with Crippen molar-refractivity contribution >= 4 is 21.8 Å². The molecule has 1 aliphatic rings. The van der Waals surface area contributed by atoms with Crippen molar-refractivity contribution in [3.8, 4) is 27.9 Å². The van der Waals surface area contributed by atoms with E-state index in [0.717, 1.165) is 17.7 Å². The lowest BCUT2D eigenvalue weighted by molar-refractivity contribution is 0.736. The Morgan fingerprint density at radius 3 is 1.51 bits per heavy atom. The van der Waals surface area contributed by atoms with Gasteiger partial charge in [0.2, 0.25) is 0 Å². The van der Waals surface area contributed by atoms with Crippen molar-refractivity contribution in [2.75, 3.05) is 0 Å². The number of benzene rings is 7. The fraction of sp³-hybridized carbons (Fsp3) is 0.0400. The molecule has 0 radical (unpaired) electrons. The van der Waals surface area contributed by atoms with Crippen LogP contribution >= 0.6 is 0 Å². The molecule has 1 aliphatic carbocycles. The second kappa shape index (κ2) is 12.8. The Bertz CT molecular complexity index is 2450. The van der Waals surface area contributed by atoms with Gasteiger partial charge in [-0.15, -0.1) is 0 Å². The lowest BCUT2D eigenvalue weighted by Crippen LogP contribution is -2.32. The van der Waals surface area contributed by atoms with E-state index >= 15 is 0 Å². The molecule has 0 aliphatic heterocycles. The molecule has 1 heterocycles. The van der Waals surface area contributed by atoms with Gasteiger partial charge in [0.1, 0.15) is 0 Å². The van der Waals surface area contributed by atoms with Crippen LogP contribution in [0.15, 0.2) is 212 Å². The molecule has 0 fully saturated rings. The van der Waals surface area contributed by atoms with Crippen molar-refractivity contribution in [2.24, 2.45) is 0 Å². The van der Waals surface area contributed by atoms with Crippen LogP contribution in [-0.4, -0.2) is 4.57 Å². The standard InChI is InChI=1S/C50H37N/c1-36-17-7-2-12-22-39-27-30-44(35-47(39)50(36,42-23-13-5-14-24-42)43-25-15-6-16-26-43)51-48-31-28-40(37-18-8-3-9-19-37)33-45(48)46-34-41(29-32-49(46)51)38-20-10-4-11-21-38/h2-21,23-35H,1,22H2/b12-2-,17-7-. The molecule has 1 heteroatoms. The molecular weight excluding hydrogens is 615 g/mol. The highest BCUT2D eigenvalue weighted by molar-refractivity contribution is 6.11. The topological polar surface area (TPSA) is 4.93 Å². The van der Waals surface area contributed by atoms with Crippen LogP contribution in [0.2, 0.25) is 0 Å². The van der Waals surface area contributed by atoms with Crippen LogP contribution in [0.5, 0.6) is 0 Å². The van der Waals surface area contributed by atoms with E-state index in [9.17, 15) is 0 Å². The second-order valence-electron chi connectivity index (χ2n) is 13.4. The third kappa shape index (κ3) is 5.18. The molecule has 7 aromatic carbocycles. The Labute approximate surface area is 299 Å². The van der Waals surface area contributed by atoms with Crippen molar-refractivity contribution < 1.29 is 0 Å². The maximum absolute atomic E-state index is 4.80. The zero-order chi connectivity index (χ0) is 34.2. The first-order valence-electron chi connectivity index (χ1n) is 17.7. The van der Waals surface area contributed by atoms with Crippen LogP contribution in [0.25, 0.3) is 49.7 Å². The van der Waals surface area contributed by atoms with Crippen LogP contribution in [0, 0.1) is 0 Å². The zero-order valence-electron chi connectivity index (χ0n) is 28.4. The SMILES string of the molecule is C=C1/C=C\C=C/Cc2ccc(-n3c4ccc(-c5ccccc5)cc4c4cc(-c5ccccc5)ccc43)cc2C1(c1ccccc1)c1ccccc1. The minimum absolute atomic E-state index is 0.601. The third-order valence-corrected chi connectivity index (χ3v) is 10.5. The highest BCUT2D eigenvalue weighted by atomic mass is 15.0. The summed E-state index contributed by atoms with van der Waals surface area (Å²) in [5, 5.41) is 2.47. The lowest BCUT2D eigenvalue weighted by Gasteiger charge is -2.38. The molecule has 0 saturated carbocycles. The van der Waals surface area contributed by atoms with Gasteiger partial charge >= 0.3 is 0 Å². The van der Waals surface area contributed by atoms with Gasteiger partial charge in [0.05, 0.1) is 16.4 Å². The monoisotopic (exact) mass is 651 g/mol. The molecule has 1 nitrogen and oxygen atoms in total. The van der Waals surface area contributed by atoms with Crippen LogP contribution < -0.4 is 0 Å². The molecule has 0 amide bonds. The molecule has 0 atom stereocenters. The van der Waals surface area contributed by atoms with Crippen molar-refractivity contribution in [3.63, 3.8) is 0 Å². The number of nitrogens with zero attached hydrogens (tertiary/aromatic N) is 1. The maximum Gasteiger partial charge on any atom is 0.0699 e. The average molecular weight is 652 g/mol. The number of rotatable bonds is 5. The fourth-order valence-electron chi connectivity index (χ4n) is 8.12. The summed E-state index contributed by atoms with van der Waals surface area (Å²) in [5.41, 5.74) is 13.7. The maximum atomic E-state index is 4.80. The van der Waals surface area contributed by atoms with Gasteiger partial charge in [0.15, 0.2) is 0 Å². The summed E-state index contributed by atoms with van der Waals surface area (Å²) < 4.78 is 2.45. The predicted octanol–water partition coefficient (Wildman–Crippen LogP) is 12.7. The fourth-order valence-corrected chi connectivity index (χ4v) is 8.12. The van der Waals surface area contributed by atoms with E-state index in [1.165, 1.54) is 66.3 Å². The molecule has 9 rings (SSSR count). The minimum atomic E-state index is -0.601. The molecule has 0 N–H and O–H groups in total. The van der Waals surface area contributed by atoms with Crippen molar-refractivity contribution in [1.82, 2.24) is 4.57 Å². The second-order valence-corrected chi connectivity index (χ2v) is 13.4. The Balaban J connectivity index is 1.35. The lowest BCUT2D eigenvalue weighted by atomic mass is 9.63. The van der Waals surface area contributed by atoms with E-state index in [1.54, 1.807) is 0 Å². The molecule has 0 saturated heterocycles. The summed E-state index contributed by atoms with van der Waals surface area (Å²) >= 11 is 0. The van der Waals surface area contributed by atoms with Gasteiger partial charge in [-0.1, -0.05) is 170 Å². The Morgan fingerprint density at radius 2 is 0.980 bits per heavy atom. The zero-order valence-corrected chi connectivity index (χ0v) is 28.4. The molecule has 1 aromatic heterocycles. The van der Waals surface area contributed by atoms with Gasteiger partial charge in [-0.2, -0.15) is 0 Å². The van der Waals surface area contributed by atoms with Crippen molar-refractivity contribution in [3.05, 3.63) is 235 Å². The molecule has 0 spiro atoms. The quantitative estimate of drug-likeness (QED) is 0.175. The summed E-state index contributed by atoms with van der Waals surface area (Å²) in [6, 6.07) is 64.1. The van der Waals surface area contributed by atoms with Gasteiger partial charge in [0.25, 0.3) is 0 Å². The smallest absolute Gasteiger partial charge is 0.0699 e. The molecule has 8 aromatic rings. The number of hydrogen-bond donors (Lipinski definition) is 0. The summed E-state index contributed by atoms with van der Waals surface area (Å²) in [6.45, 7) is 4.80. The van der Waals surface area contributed by atoms with E-state index in [2.05, 4.69) is 205 Å². The Hall–Kier alpha value is -6.44. The van der Waals surface area contributed by atoms with Gasteiger partial charge in [-0.3, -0.25) is 0 Å². The Morgan fingerprint density at radius 1 is 0.471 bits per heavy atom. The third-order valence-electron chi connectivity index (χ3n) is 10.5. The minimum Gasteiger partial charge on any atom is -0.309 e. The van der Waals surface area contributed by atoms with Gasteiger partial charge in [-0.05, 0) is 92.9 Å². The van der Waals surface area contributed by atoms with Crippen LogP contribution in [-0.2, 0) is 11.8 Å². The molecule has 242 valence electrons. The first-order valence-corrected chi connectivity index (χ1v) is 17.7. The van der Waals surface area contributed by atoms with E-state index in [1.807, 2.05) is 0 Å². The van der Waals surface area contributed by atoms with Crippen LogP contribution in [0.1, 0.15) is 22.3 Å². The Kier molecular flexibility index (Phi) is 7.67. The van der Waals surface area contributed by atoms with Crippen molar-refractivity contribution in [1.29, 1.82) is 0 Å². The number of aromatic nitrogens is 1. The molecule has 0 bridgehead atoms. The number of fused-ring (bicyclic) bond motifs is 4. The highest BCUT2D eigenvalue weighted by Gasteiger charge is 2.40. The summed E-state index contributed by atoms with van der Waals surface area (Å²) in [7, 11) is 0. The predicted molar refractivity (Wildman–Crippen MR) is 216 cm³/mol. The van der Waals surface area contributed by atoms with Crippen LogP contribution in [0.4, 0.5) is 0 Å². The van der Waals surface area contributed by atoms with E-state index in [4.69, 9.17) is 6.58 Å². The van der Waals surface area contributed by atoms with Gasteiger partial charge in [-0.25, -0.2) is 0 Å². The normalized spacial score (nSPS) is 15.1. The highest BCUT2D eigenvalue weighted by Crippen LogP contribution is 2.48. The van der Waals surface area contributed by atoms with E-state index in [0.29, 0.717) is 0 Å². The largest absolute Gasteiger partial charge is 0.309 e.